The van der Waals surface area contributed by atoms with E-state index in [0.29, 0.717) is 46.1 Å². The van der Waals surface area contributed by atoms with E-state index in [-0.39, 0.29) is 5.78 Å². The molecule has 0 unspecified atom stereocenters. The zero-order chi connectivity index (χ0) is 15.0. The zero-order valence-corrected chi connectivity index (χ0v) is 13.5. The largest absolute Gasteiger partial charge is 0.490 e. The molecule has 0 radical (unpaired) electrons. The summed E-state index contributed by atoms with van der Waals surface area (Å²) in [7, 11) is 0. The third kappa shape index (κ3) is 2.70. The Morgan fingerprint density at radius 2 is 1.71 bits per heavy atom. The Labute approximate surface area is 131 Å². The van der Waals surface area contributed by atoms with Gasteiger partial charge in [-0.1, -0.05) is 0 Å². The maximum absolute atomic E-state index is 12.7. The van der Waals surface area contributed by atoms with E-state index in [0.717, 1.165) is 12.2 Å². The number of halogens is 1. The number of hydrogen-bond acceptors (Lipinski definition) is 4. The molecule has 0 atom stereocenters. The number of rotatable bonds is 2. The third-order valence-electron chi connectivity index (χ3n) is 3.37. The molecule has 1 aliphatic rings. The van der Waals surface area contributed by atoms with Crippen LogP contribution in [0.4, 0.5) is 0 Å². The number of carbonyl (C=O) groups excluding carboxylic acids is 1. The molecule has 0 bridgehead atoms. The molecule has 2 heterocycles. The number of ketones is 1. The average Bonchev–Trinajstić information content (AvgIpc) is 2.64. The van der Waals surface area contributed by atoms with Gasteiger partial charge in [-0.25, -0.2) is 0 Å². The van der Waals surface area contributed by atoms with E-state index < -0.39 is 0 Å². The maximum Gasteiger partial charge on any atom is 0.197 e. The van der Waals surface area contributed by atoms with Crippen LogP contribution in [0, 0.1) is 13.8 Å². The first-order valence-corrected chi connectivity index (χ1v) is 7.56. The summed E-state index contributed by atoms with van der Waals surface area (Å²) >= 11 is 3.44. The minimum absolute atomic E-state index is 0.0909. The molecule has 1 aromatic heterocycles. The van der Waals surface area contributed by atoms with Crippen molar-refractivity contribution in [1.82, 2.24) is 0 Å². The van der Waals surface area contributed by atoms with Crippen molar-refractivity contribution >= 4 is 21.7 Å². The van der Waals surface area contributed by atoms with Gasteiger partial charge in [-0.05, 0) is 48.0 Å². The summed E-state index contributed by atoms with van der Waals surface area (Å²) < 4.78 is 17.4. The van der Waals surface area contributed by atoms with Crippen LogP contribution >= 0.6 is 15.9 Å². The topological polar surface area (TPSA) is 48.7 Å². The summed E-state index contributed by atoms with van der Waals surface area (Å²) in [5.74, 6) is 2.53. The average molecular weight is 351 g/mol. The highest BCUT2D eigenvalue weighted by Gasteiger charge is 2.21. The van der Waals surface area contributed by atoms with E-state index in [9.17, 15) is 4.79 Å². The Kier molecular flexibility index (Phi) is 3.76. The van der Waals surface area contributed by atoms with E-state index in [1.807, 2.05) is 6.92 Å². The van der Waals surface area contributed by atoms with Gasteiger partial charge in [0.2, 0.25) is 0 Å². The fourth-order valence-electron chi connectivity index (χ4n) is 2.36. The molecule has 2 aromatic rings. The van der Waals surface area contributed by atoms with Crippen LogP contribution in [0.15, 0.2) is 27.1 Å². The number of aryl methyl sites for hydroxylation is 2. The number of benzene rings is 1. The van der Waals surface area contributed by atoms with Crippen molar-refractivity contribution in [1.29, 1.82) is 0 Å². The van der Waals surface area contributed by atoms with Crippen LogP contribution < -0.4 is 9.47 Å². The van der Waals surface area contributed by atoms with Gasteiger partial charge in [-0.15, -0.1) is 0 Å². The lowest BCUT2D eigenvalue weighted by molar-refractivity contribution is 0.103. The molecule has 1 aromatic carbocycles. The van der Waals surface area contributed by atoms with Crippen molar-refractivity contribution < 1.29 is 18.7 Å². The summed E-state index contributed by atoms with van der Waals surface area (Å²) in [5.41, 5.74) is 1.12. The van der Waals surface area contributed by atoms with Crippen LogP contribution in [-0.2, 0) is 0 Å². The molecule has 0 amide bonds. The van der Waals surface area contributed by atoms with Crippen LogP contribution in [0.25, 0.3) is 0 Å². The predicted octanol–water partition coefficient (Wildman–Crippen LogP) is 4.05. The lowest BCUT2D eigenvalue weighted by Crippen LogP contribution is -2.04. The van der Waals surface area contributed by atoms with Gasteiger partial charge in [0.1, 0.15) is 11.5 Å². The summed E-state index contributed by atoms with van der Waals surface area (Å²) in [6.07, 6.45) is 0.829. The van der Waals surface area contributed by atoms with Gasteiger partial charge < -0.3 is 13.9 Å². The number of furan rings is 1. The van der Waals surface area contributed by atoms with Crippen molar-refractivity contribution in [3.8, 4) is 11.5 Å². The molecule has 1 aliphatic heterocycles. The Balaban J connectivity index is 2.04. The molecule has 5 heteroatoms. The van der Waals surface area contributed by atoms with Gasteiger partial charge in [0.15, 0.2) is 17.3 Å². The standard InChI is InChI=1S/C16H15BrO4/c1-9-6-11(10(2)21-9)16(18)12-7-14-15(8-13(12)17)20-5-3-4-19-14/h6-8H,3-5H2,1-2H3. The van der Waals surface area contributed by atoms with E-state index in [1.54, 1.807) is 25.1 Å². The lowest BCUT2D eigenvalue weighted by Gasteiger charge is -2.10. The first-order chi connectivity index (χ1) is 10.1. The molecule has 0 fully saturated rings. The molecule has 110 valence electrons. The molecule has 21 heavy (non-hydrogen) atoms. The quantitative estimate of drug-likeness (QED) is 0.766. The molecule has 3 rings (SSSR count). The van der Waals surface area contributed by atoms with Crippen LogP contribution in [0.1, 0.15) is 33.9 Å². The maximum atomic E-state index is 12.7. The fraction of sp³-hybridized carbons (Fsp3) is 0.312. The van der Waals surface area contributed by atoms with E-state index in [2.05, 4.69) is 15.9 Å². The normalized spacial score (nSPS) is 13.9. The monoisotopic (exact) mass is 350 g/mol. The highest BCUT2D eigenvalue weighted by Crippen LogP contribution is 2.36. The van der Waals surface area contributed by atoms with Crippen molar-refractivity contribution in [2.75, 3.05) is 13.2 Å². The minimum Gasteiger partial charge on any atom is -0.490 e. The molecule has 0 saturated carbocycles. The summed E-state index contributed by atoms with van der Waals surface area (Å²) in [4.78, 5) is 12.7. The van der Waals surface area contributed by atoms with Gasteiger partial charge in [0.05, 0.1) is 18.8 Å². The Bertz CT molecular complexity index is 703. The van der Waals surface area contributed by atoms with Gasteiger partial charge >= 0.3 is 0 Å². The number of ether oxygens (including phenoxy) is 2. The second kappa shape index (κ2) is 5.56. The van der Waals surface area contributed by atoms with Gasteiger partial charge in [0, 0.05) is 16.5 Å². The number of fused-ring (bicyclic) bond motifs is 1. The molecule has 0 spiro atoms. The third-order valence-corrected chi connectivity index (χ3v) is 4.02. The van der Waals surface area contributed by atoms with Crippen LogP contribution in [0.3, 0.4) is 0 Å². The smallest absolute Gasteiger partial charge is 0.197 e. The zero-order valence-electron chi connectivity index (χ0n) is 11.9. The van der Waals surface area contributed by atoms with E-state index >= 15 is 0 Å². The van der Waals surface area contributed by atoms with Gasteiger partial charge in [-0.2, -0.15) is 0 Å². The Hall–Kier alpha value is -1.75. The molecule has 4 nitrogen and oxygen atoms in total. The van der Waals surface area contributed by atoms with Crippen molar-refractivity contribution in [3.05, 3.63) is 45.3 Å². The highest BCUT2D eigenvalue weighted by atomic mass is 79.9. The van der Waals surface area contributed by atoms with Gasteiger partial charge in [0.25, 0.3) is 0 Å². The SMILES string of the molecule is Cc1cc(C(=O)c2cc3c(cc2Br)OCCCO3)c(C)o1. The summed E-state index contributed by atoms with van der Waals surface area (Å²) in [6.45, 7) is 4.82. The molecule has 0 saturated heterocycles. The van der Waals surface area contributed by atoms with Crippen LogP contribution in [0.5, 0.6) is 11.5 Å². The lowest BCUT2D eigenvalue weighted by atomic mass is 10.0. The second-order valence-corrected chi connectivity index (χ2v) is 5.84. The number of carbonyl (C=O) groups is 1. The highest BCUT2D eigenvalue weighted by molar-refractivity contribution is 9.10. The van der Waals surface area contributed by atoms with E-state index in [4.69, 9.17) is 13.9 Å². The molecular weight excluding hydrogens is 336 g/mol. The minimum atomic E-state index is -0.0909. The molecule has 0 N–H and O–H groups in total. The fourth-order valence-corrected chi connectivity index (χ4v) is 2.86. The van der Waals surface area contributed by atoms with Gasteiger partial charge in [-0.3, -0.25) is 4.79 Å². The number of hydrogen-bond donors (Lipinski definition) is 0. The van der Waals surface area contributed by atoms with Crippen LogP contribution in [-0.4, -0.2) is 19.0 Å². The van der Waals surface area contributed by atoms with Crippen molar-refractivity contribution in [3.63, 3.8) is 0 Å². The summed E-state index contributed by atoms with van der Waals surface area (Å²) in [5, 5.41) is 0. The first-order valence-electron chi connectivity index (χ1n) is 6.77. The van der Waals surface area contributed by atoms with Crippen molar-refractivity contribution in [2.24, 2.45) is 0 Å². The molecular formula is C16H15BrO4. The summed E-state index contributed by atoms with van der Waals surface area (Å²) in [6, 6.07) is 5.28. The van der Waals surface area contributed by atoms with Crippen molar-refractivity contribution in [2.45, 2.75) is 20.3 Å². The van der Waals surface area contributed by atoms with E-state index in [1.165, 1.54) is 0 Å². The predicted molar refractivity (Wildman–Crippen MR) is 81.4 cm³/mol. The Morgan fingerprint density at radius 3 is 2.33 bits per heavy atom. The molecule has 0 aliphatic carbocycles. The Morgan fingerprint density at radius 1 is 1.05 bits per heavy atom. The first kappa shape index (κ1) is 14.2. The van der Waals surface area contributed by atoms with Crippen LogP contribution in [0.2, 0.25) is 0 Å². The second-order valence-electron chi connectivity index (χ2n) is 4.99.